The molecule has 0 spiro atoms. The Labute approximate surface area is 698 Å². The number of para-hydroxylation sites is 4. The molecule has 5 heterocycles. The van der Waals surface area contributed by atoms with Gasteiger partial charge in [0.05, 0.1) is 29.1 Å². The fourth-order valence-corrected chi connectivity index (χ4v) is 12.4. The van der Waals surface area contributed by atoms with Crippen LogP contribution in [0, 0.1) is 90.4 Å². The van der Waals surface area contributed by atoms with Gasteiger partial charge in [0.1, 0.15) is 0 Å². The number of imidazole rings is 5. The van der Waals surface area contributed by atoms with Crippen molar-refractivity contribution in [2.45, 2.75) is 95.4 Å². The Morgan fingerprint density at radius 2 is 0.673 bits per heavy atom. The summed E-state index contributed by atoms with van der Waals surface area (Å²) < 4.78 is 36.0. The van der Waals surface area contributed by atoms with Crippen LogP contribution in [0.1, 0.15) is 97.0 Å². The van der Waals surface area contributed by atoms with Gasteiger partial charge in [-0.05, 0) is 103 Å². The average molecular weight is 2310 g/mol. The normalized spacial score (nSPS) is 10.2. The van der Waals surface area contributed by atoms with E-state index >= 15 is 0 Å². The Kier molecular flexibility index (Phi) is 35.1. The van der Waals surface area contributed by atoms with E-state index in [9.17, 15) is 8.78 Å². The second-order valence-electron chi connectivity index (χ2n) is 25.4. The van der Waals surface area contributed by atoms with Crippen LogP contribution in [-0.2, 0) is 108 Å². The van der Waals surface area contributed by atoms with Gasteiger partial charge < -0.3 is 22.8 Å². The minimum Gasteiger partial charge on any atom is -0.373 e. The Bertz CT molecular complexity index is 4980. The molecular weight excluding hydrogens is 2220 g/mol. The van der Waals surface area contributed by atoms with Gasteiger partial charge in [0.15, 0.2) is 0 Å². The third-order valence-electron chi connectivity index (χ3n) is 17.3. The number of benzene rings is 10. The maximum Gasteiger partial charge on any atom is 0.0603 e. The maximum atomic E-state index is 13.0. The molecule has 0 unspecified atom stereocenters. The Morgan fingerprint density at radius 1 is 0.318 bits per heavy atom. The van der Waals surface area contributed by atoms with Crippen molar-refractivity contribution in [2.24, 2.45) is 7.05 Å². The third kappa shape index (κ3) is 21.8. The zero-order chi connectivity index (χ0) is 71.1. The molecule has 5 radical (unpaired) electrons. The number of halogens is 2. The molecule has 15 rings (SSSR count). The van der Waals surface area contributed by atoms with Crippen LogP contribution in [0.15, 0.2) is 262 Å². The molecular formula is C90H85F2Ir5N10-5. The quantitative estimate of drug-likeness (QED) is 0.114. The number of hydrogen-bond acceptors (Lipinski definition) is 5. The van der Waals surface area contributed by atoms with Crippen LogP contribution in [0.3, 0.4) is 0 Å². The number of rotatable bonds is 12. The predicted octanol–water partition coefficient (Wildman–Crippen LogP) is 22.2. The summed E-state index contributed by atoms with van der Waals surface area (Å²) in [5.41, 5.74) is 23.0. The summed E-state index contributed by atoms with van der Waals surface area (Å²) in [4.78, 5) is 22.2. The summed E-state index contributed by atoms with van der Waals surface area (Å²) in [6, 6.07) is 80.8. The molecule has 0 N–H and O–H groups in total. The van der Waals surface area contributed by atoms with Crippen molar-refractivity contribution in [1.29, 1.82) is 0 Å². The molecule has 0 fully saturated rings. The molecule has 0 bridgehead atoms. The van der Waals surface area contributed by atoms with Gasteiger partial charge in [-0.3, -0.25) is 33.7 Å². The van der Waals surface area contributed by atoms with E-state index in [-0.39, 0.29) is 120 Å². The van der Waals surface area contributed by atoms with Crippen LogP contribution in [0.5, 0.6) is 0 Å². The average Bonchev–Trinajstić information content (AvgIpc) is 1.76. The van der Waals surface area contributed by atoms with Crippen molar-refractivity contribution in [3.8, 4) is 90.8 Å². The van der Waals surface area contributed by atoms with Crippen LogP contribution in [0.4, 0.5) is 8.78 Å². The first-order valence-electron chi connectivity index (χ1n) is 33.8. The minimum absolute atomic E-state index is 0. The molecule has 0 aliphatic rings. The van der Waals surface area contributed by atoms with E-state index in [0.717, 1.165) is 62.6 Å². The van der Waals surface area contributed by atoms with Crippen molar-refractivity contribution in [3.63, 3.8) is 0 Å². The maximum absolute atomic E-state index is 13.0. The number of aromatic nitrogens is 10. The van der Waals surface area contributed by atoms with Crippen LogP contribution in [-0.4, -0.2) is 47.8 Å². The second kappa shape index (κ2) is 42.2. The summed E-state index contributed by atoms with van der Waals surface area (Å²) in [7, 11) is 1.89. The predicted molar refractivity (Wildman–Crippen MR) is 412 cm³/mol. The molecule has 10 aromatic carbocycles. The van der Waals surface area contributed by atoms with Gasteiger partial charge in [0, 0.05) is 204 Å². The Morgan fingerprint density at radius 3 is 1.05 bits per heavy atom. The first-order chi connectivity index (χ1) is 48.9. The molecule has 15 aromatic rings. The minimum atomic E-state index is -0.293. The molecule has 10 nitrogen and oxygen atoms in total. The van der Waals surface area contributed by atoms with E-state index < -0.39 is 0 Å². The largest absolute Gasteiger partial charge is 0.373 e. The molecule has 0 aliphatic carbocycles. The fraction of sp³-hybridized carbons (Fsp3) is 0.167. The monoisotopic (exact) mass is 2310 g/mol. The van der Waals surface area contributed by atoms with E-state index in [2.05, 4.69) is 273 Å². The number of aryl methyl sites for hydroxylation is 8. The van der Waals surface area contributed by atoms with E-state index in [4.69, 9.17) is 0 Å². The van der Waals surface area contributed by atoms with E-state index in [1.807, 2.05) is 102 Å². The van der Waals surface area contributed by atoms with E-state index in [1.54, 1.807) is 24.5 Å². The fourth-order valence-electron chi connectivity index (χ4n) is 12.4. The molecule has 0 aliphatic heterocycles. The van der Waals surface area contributed by atoms with Crippen molar-refractivity contribution in [1.82, 2.24) is 47.8 Å². The number of hydrogen-bond donors (Lipinski definition) is 0. The van der Waals surface area contributed by atoms with Crippen molar-refractivity contribution >= 4 is 0 Å². The van der Waals surface area contributed by atoms with E-state index in [1.165, 1.54) is 103 Å². The van der Waals surface area contributed by atoms with Gasteiger partial charge in [-0.1, -0.05) is 145 Å². The third-order valence-corrected chi connectivity index (χ3v) is 17.3. The van der Waals surface area contributed by atoms with Gasteiger partial charge in [-0.2, -0.15) is 0 Å². The molecule has 0 amide bonds. The van der Waals surface area contributed by atoms with Gasteiger partial charge in [-0.25, -0.2) is 0 Å². The summed E-state index contributed by atoms with van der Waals surface area (Å²) in [5, 5.41) is 0. The van der Waals surface area contributed by atoms with E-state index in [0.29, 0.717) is 11.8 Å². The standard InChI is InChI=1S/C23H19N2.C21H23N2.C18H17N2.C17H14FN2.C10H8FN2.CH4.5Ir/c1-17-8-6-9-18(2)22(17)25-15-14-24-23(25)21-13-7-12-20(16-21)19-10-4-3-5-11-19;1-15(2)18-11-8-12-19(16(3)4)20(18)23-14-13-22-21(23)17-9-6-5-7-10-17;1-13-7-9-16(10-8-13)18-19-11-12-20(18)17-14(2)5-4-6-15(17)3;1-12-4-3-5-13(2)16(12)20-11-10-19-17(20)14-6-8-15(18)9-7-14;1-13-7-6-12-10(13)8-2-4-9(11)5-3-8;;;;;;/h3-12,14-16H,1-2H3;5-9,11-16H,1-4H3;4-9,11-12H,1-3H3;3-6,8-11H,1-2H3;2,4-7H,1H3;1H4;;;;;/q5*-1;;;;;;. The molecule has 0 atom stereocenters. The first kappa shape index (κ1) is 89.0. The summed E-state index contributed by atoms with van der Waals surface area (Å²) in [6.45, 7) is 23.7. The van der Waals surface area contributed by atoms with Gasteiger partial charge in [0.2, 0.25) is 0 Å². The van der Waals surface area contributed by atoms with Crippen molar-refractivity contribution < 1.29 is 109 Å². The SMILES string of the molecule is C.CC(C)c1cccc(C(C)C)c1-n1ccnc1-c1[c-]cccc1.Cc1c[c-]c(-c2nccn2-c2c(C)cccc2C)cc1.Cc1cccc(C)c1-n1ccnc1-c1[c-]cc(F)cc1.Cc1cccc(C)c1-n1ccnc1-c1[c-]ccc(-c2ccccc2)c1.Cn1ccnc1-c1[c-]cc(F)cc1.[Ir].[Ir].[Ir].[Ir].[Ir]. The molecule has 0 saturated heterocycles. The van der Waals surface area contributed by atoms with Gasteiger partial charge >= 0.3 is 0 Å². The first-order valence-corrected chi connectivity index (χ1v) is 33.8. The van der Waals surface area contributed by atoms with Gasteiger partial charge in [0.25, 0.3) is 0 Å². The molecule has 17 heteroatoms. The van der Waals surface area contributed by atoms with Crippen LogP contribution >= 0.6 is 0 Å². The smallest absolute Gasteiger partial charge is 0.0603 e. The zero-order valence-corrected chi connectivity index (χ0v) is 72.9. The molecule has 559 valence electrons. The molecule has 5 aromatic heterocycles. The van der Waals surface area contributed by atoms with Crippen molar-refractivity contribution in [2.75, 3.05) is 0 Å². The summed E-state index contributed by atoms with van der Waals surface area (Å²) in [6.07, 6.45) is 18.9. The topological polar surface area (TPSA) is 89.1 Å². The Hall–Kier alpha value is -8.64. The second-order valence-corrected chi connectivity index (χ2v) is 25.4. The van der Waals surface area contributed by atoms with Crippen LogP contribution < -0.4 is 0 Å². The Balaban J connectivity index is 0.000000239. The molecule has 107 heavy (non-hydrogen) atoms. The zero-order valence-electron chi connectivity index (χ0n) is 60.9. The van der Waals surface area contributed by atoms with Crippen LogP contribution in [0.2, 0.25) is 0 Å². The number of nitrogens with zero attached hydrogens (tertiary/aromatic N) is 10. The van der Waals surface area contributed by atoms with Gasteiger partial charge in [-0.15, -0.1) is 166 Å². The molecule has 0 saturated carbocycles. The summed E-state index contributed by atoms with van der Waals surface area (Å²) in [5.74, 6) is 4.69. The summed E-state index contributed by atoms with van der Waals surface area (Å²) >= 11 is 0. The van der Waals surface area contributed by atoms with Crippen LogP contribution in [0.25, 0.3) is 90.8 Å². The van der Waals surface area contributed by atoms with Crippen molar-refractivity contribution in [3.05, 3.63) is 354 Å².